The van der Waals surface area contributed by atoms with Crippen LogP contribution in [0.15, 0.2) is 66.7 Å². The first kappa shape index (κ1) is 23.3. The van der Waals surface area contributed by atoms with Gasteiger partial charge in [0, 0.05) is 32.5 Å². The minimum atomic E-state index is -1.19. The molecule has 174 valence electrons. The molecule has 2 aliphatic heterocycles. The summed E-state index contributed by atoms with van der Waals surface area (Å²) in [6.07, 6.45) is 0. The molecule has 2 amide bonds. The fourth-order valence-electron chi connectivity index (χ4n) is 4.84. The number of anilines is 1. The van der Waals surface area contributed by atoms with Crippen LogP contribution in [0.5, 0.6) is 0 Å². The maximum absolute atomic E-state index is 14.3. The second kappa shape index (κ2) is 8.33. The van der Waals surface area contributed by atoms with Gasteiger partial charge in [-0.1, -0.05) is 47.5 Å². The summed E-state index contributed by atoms with van der Waals surface area (Å²) >= 11 is 14.0. The highest BCUT2D eigenvalue weighted by molar-refractivity contribution is 8.02. The standard InChI is InChI=1S/C27H24Cl2N2O2S/c1-17-6-4-5-7-19(17)15-30-23-13-12-21(29)14-22(23)27(25(30)33)31(16-26(2,3)34-27)24(32)18-8-10-20(28)11-9-18/h4-14H,15-16H2,1-3H3/t27-/m1/s1. The number of nitrogens with zero attached hydrogens (tertiary/aromatic N) is 2. The molecule has 0 aromatic heterocycles. The zero-order valence-corrected chi connectivity index (χ0v) is 21.5. The monoisotopic (exact) mass is 510 g/mol. The Balaban J connectivity index is 1.66. The van der Waals surface area contributed by atoms with Crippen molar-refractivity contribution in [3.63, 3.8) is 0 Å². The van der Waals surface area contributed by atoms with E-state index in [4.69, 9.17) is 23.2 Å². The molecule has 2 heterocycles. The van der Waals surface area contributed by atoms with E-state index in [1.54, 1.807) is 40.1 Å². The molecule has 7 heteroatoms. The summed E-state index contributed by atoms with van der Waals surface area (Å²) in [5.74, 6) is -0.322. The van der Waals surface area contributed by atoms with E-state index in [1.807, 2.05) is 43.3 Å². The Morgan fingerprint density at radius 2 is 1.68 bits per heavy atom. The molecule has 0 bridgehead atoms. The van der Waals surface area contributed by atoms with Crippen LogP contribution in [-0.4, -0.2) is 28.0 Å². The minimum Gasteiger partial charge on any atom is -0.310 e. The SMILES string of the molecule is Cc1ccccc1CN1C(=O)[C@]2(SC(C)(C)CN2C(=O)c2ccc(Cl)cc2)c2cc(Cl)ccc21. The summed E-state index contributed by atoms with van der Waals surface area (Å²) in [6.45, 7) is 7.02. The number of carbonyl (C=O) groups is 2. The van der Waals surface area contributed by atoms with Crippen molar-refractivity contribution >= 4 is 52.5 Å². The van der Waals surface area contributed by atoms with Crippen molar-refractivity contribution in [3.05, 3.63) is 99.0 Å². The highest BCUT2D eigenvalue weighted by Gasteiger charge is 2.63. The molecule has 2 aliphatic rings. The van der Waals surface area contributed by atoms with E-state index in [-0.39, 0.29) is 16.6 Å². The van der Waals surface area contributed by atoms with Crippen LogP contribution in [0.25, 0.3) is 0 Å². The molecular formula is C27H24Cl2N2O2S. The third-order valence-electron chi connectivity index (χ3n) is 6.42. The second-order valence-electron chi connectivity index (χ2n) is 9.38. The van der Waals surface area contributed by atoms with Gasteiger partial charge < -0.3 is 9.80 Å². The smallest absolute Gasteiger partial charge is 0.268 e. The number of rotatable bonds is 3. The Bertz CT molecular complexity index is 1310. The molecule has 1 fully saturated rings. The first-order valence-electron chi connectivity index (χ1n) is 11.1. The van der Waals surface area contributed by atoms with Crippen molar-refractivity contribution in [1.82, 2.24) is 4.90 Å². The molecule has 3 aromatic carbocycles. The number of fused-ring (bicyclic) bond motifs is 2. The van der Waals surface area contributed by atoms with Gasteiger partial charge in [0.25, 0.3) is 11.8 Å². The number of hydrogen-bond donors (Lipinski definition) is 0. The van der Waals surface area contributed by atoms with E-state index in [0.717, 1.165) is 22.4 Å². The quantitative estimate of drug-likeness (QED) is 0.395. The summed E-state index contributed by atoms with van der Waals surface area (Å²) in [5.41, 5.74) is 4.22. The van der Waals surface area contributed by atoms with Crippen LogP contribution in [-0.2, 0) is 16.2 Å². The fraction of sp³-hybridized carbons (Fsp3) is 0.259. The third-order valence-corrected chi connectivity index (χ3v) is 8.50. The molecule has 34 heavy (non-hydrogen) atoms. The lowest BCUT2D eigenvalue weighted by atomic mass is 10.0. The molecule has 4 nitrogen and oxygen atoms in total. The van der Waals surface area contributed by atoms with Gasteiger partial charge in [0.15, 0.2) is 4.87 Å². The molecule has 1 saturated heterocycles. The maximum atomic E-state index is 14.3. The molecule has 1 atom stereocenters. The van der Waals surface area contributed by atoms with E-state index >= 15 is 0 Å². The highest BCUT2D eigenvalue weighted by atomic mass is 35.5. The van der Waals surface area contributed by atoms with Gasteiger partial charge in [0.05, 0.1) is 12.2 Å². The van der Waals surface area contributed by atoms with Crippen LogP contribution < -0.4 is 4.90 Å². The molecule has 0 radical (unpaired) electrons. The topological polar surface area (TPSA) is 40.6 Å². The molecule has 3 aromatic rings. The summed E-state index contributed by atoms with van der Waals surface area (Å²) in [6, 6.07) is 20.4. The molecule has 0 unspecified atom stereocenters. The van der Waals surface area contributed by atoms with Crippen molar-refractivity contribution in [2.24, 2.45) is 0 Å². The summed E-state index contributed by atoms with van der Waals surface area (Å²) in [7, 11) is 0. The average molecular weight is 511 g/mol. The van der Waals surface area contributed by atoms with E-state index < -0.39 is 4.87 Å². The second-order valence-corrected chi connectivity index (χ2v) is 12.2. The highest BCUT2D eigenvalue weighted by Crippen LogP contribution is 2.60. The summed E-state index contributed by atoms with van der Waals surface area (Å²) < 4.78 is -0.337. The lowest BCUT2D eigenvalue weighted by Gasteiger charge is -2.33. The van der Waals surface area contributed by atoms with Crippen molar-refractivity contribution in [3.8, 4) is 0 Å². The third kappa shape index (κ3) is 3.71. The van der Waals surface area contributed by atoms with Gasteiger partial charge in [-0.15, -0.1) is 11.8 Å². The molecule has 0 aliphatic carbocycles. The molecule has 1 spiro atoms. The fourth-order valence-corrected chi connectivity index (χ4v) is 6.86. The number of aryl methyl sites for hydroxylation is 1. The predicted octanol–water partition coefficient (Wildman–Crippen LogP) is 6.67. The molecular weight excluding hydrogens is 487 g/mol. The number of thioether (sulfide) groups is 1. The van der Waals surface area contributed by atoms with E-state index in [2.05, 4.69) is 13.8 Å². The van der Waals surface area contributed by atoms with Crippen LogP contribution in [0.1, 0.15) is 40.9 Å². The zero-order chi connectivity index (χ0) is 24.3. The Morgan fingerprint density at radius 1 is 1.00 bits per heavy atom. The number of carbonyl (C=O) groups excluding carboxylic acids is 2. The molecule has 0 N–H and O–H groups in total. The summed E-state index contributed by atoms with van der Waals surface area (Å²) in [4.78, 5) is 30.5. The van der Waals surface area contributed by atoms with Crippen molar-refractivity contribution < 1.29 is 9.59 Å². The Kier molecular flexibility index (Phi) is 5.70. The first-order valence-corrected chi connectivity index (χ1v) is 12.6. The molecule has 5 rings (SSSR count). The number of benzene rings is 3. The van der Waals surface area contributed by atoms with E-state index in [1.165, 1.54) is 11.8 Å². The summed E-state index contributed by atoms with van der Waals surface area (Å²) in [5, 5.41) is 1.09. The van der Waals surface area contributed by atoms with Crippen LogP contribution in [0.4, 0.5) is 5.69 Å². The van der Waals surface area contributed by atoms with Gasteiger partial charge in [-0.25, -0.2) is 0 Å². The van der Waals surface area contributed by atoms with Gasteiger partial charge in [-0.3, -0.25) is 9.59 Å². The van der Waals surface area contributed by atoms with Crippen LogP contribution in [0.2, 0.25) is 10.0 Å². The lowest BCUT2D eigenvalue weighted by Crippen LogP contribution is -2.50. The molecule has 0 saturated carbocycles. The Morgan fingerprint density at radius 3 is 2.38 bits per heavy atom. The average Bonchev–Trinajstić information content (AvgIpc) is 3.21. The number of amides is 2. The first-order chi connectivity index (χ1) is 16.1. The normalized spacial score (nSPS) is 20.8. The van der Waals surface area contributed by atoms with E-state index in [9.17, 15) is 9.59 Å². The maximum Gasteiger partial charge on any atom is 0.268 e. The Hall–Kier alpha value is -2.47. The number of halogens is 2. The van der Waals surface area contributed by atoms with Crippen molar-refractivity contribution in [2.45, 2.75) is 36.9 Å². The number of hydrogen-bond acceptors (Lipinski definition) is 3. The van der Waals surface area contributed by atoms with Gasteiger partial charge in [0.2, 0.25) is 0 Å². The van der Waals surface area contributed by atoms with Gasteiger partial charge in [0.1, 0.15) is 0 Å². The Labute approximate surface area is 213 Å². The predicted molar refractivity (Wildman–Crippen MR) is 140 cm³/mol. The lowest BCUT2D eigenvalue weighted by molar-refractivity contribution is -0.123. The van der Waals surface area contributed by atoms with E-state index in [0.29, 0.717) is 28.7 Å². The van der Waals surface area contributed by atoms with Gasteiger partial charge in [-0.05, 0) is 74.4 Å². The van der Waals surface area contributed by atoms with Crippen LogP contribution in [0, 0.1) is 6.92 Å². The largest absolute Gasteiger partial charge is 0.310 e. The van der Waals surface area contributed by atoms with Crippen molar-refractivity contribution in [1.29, 1.82) is 0 Å². The van der Waals surface area contributed by atoms with Crippen LogP contribution >= 0.6 is 35.0 Å². The van der Waals surface area contributed by atoms with Gasteiger partial charge in [-0.2, -0.15) is 0 Å². The zero-order valence-electron chi connectivity index (χ0n) is 19.1. The van der Waals surface area contributed by atoms with Crippen molar-refractivity contribution in [2.75, 3.05) is 11.4 Å². The van der Waals surface area contributed by atoms with Crippen LogP contribution in [0.3, 0.4) is 0 Å². The minimum absolute atomic E-state index is 0.120. The van der Waals surface area contributed by atoms with Gasteiger partial charge >= 0.3 is 0 Å².